The van der Waals surface area contributed by atoms with Gasteiger partial charge in [-0.3, -0.25) is 4.79 Å². The van der Waals surface area contributed by atoms with Gasteiger partial charge in [-0.2, -0.15) is 0 Å². The van der Waals surface area contributed by atoms with Crippen LogP contribution in [0, 0.1) is 6.92 Å². The van der Waals surface area contributed by atoms with Crippen molar-refractivity contribution < 1.29 is 9.53 Å². The Labute approximate surface area is 129 Å². The number of pyridine rings is 1. The molecule has 5 nitrogen and oxygen atoms in total. The number of carbonyl (C=O) groups excluding carboxylic acids is 1. The molecule has 0 bridgehead atoms. The molecule has 3 rings (SSSR count). The number of rotatable bonds is 2. The van der Waals surface area contributed by atoms with Gasteiger partial charge in [0.05, 0.1) is 13.2 Å². The molecule has 0 atom stereocenters. The molecule has 0 unspecified atom stereocenters. The van der Waals surface area contributed by atoms with Crippen LogP contribution < -0.4 is 5.73 Å². The normalized spacial score (nSPS) is 14.9. The lowest BCUT2D eigenvalue weighted by molar-refractivity contribution is 0.0303. The summed E-state index contributed by atoms with van der Waals surface area (Å²) in [6, 6.07) is 9.61. The molecule has 5 heteroatoms. The average molecular weight is 297 g/mol. The average Bonchev–Trinajstić information content (AvgIpc) is 2.58. The fraction of sp³-hybridized carbons (Fsp3) is 0.294. The molecule has 2 N–H and O–H groups in total. The summed E-state index contributed by atoms with van der Waals surface area (Å²) >= 11 is 0. The minimum Gasteiger partial charge on any atom is -0.383 e. The van der Waals surface area contributed by atoms with Crippen molar-refractivity contribution in [3.8, 4) is 11.1 Å². The van der Waals surface area contributed by atoms with Gasteiger partial charge in [-0.25, -0.2) is 4.98 Å². The number of morpholine rings is 1. The summed E-state index contributed by atoms with van der Waals surface area (Å²) < 4.78 is 5.27. The first-order valence-corrected chi connectivity index (χ1v) is 7.35. The first-order chi connectivity index (χ1) is 10.6. The van der Waals surface area contributed by atoms with Crippen molar-refractivity contribution in [3.63, 3.8) is 0 Å². The summed E-state index contributed by atoms with van der Waals surface area (Å²) in [5, 5.41) is 0. The zero-order valence-corrected chi connectivity index (χ0v) is 12.6. The van der Waals surface area contributed by atoms with Crippen LogP contribution in [0.5, 0.6) is 0 Å². The number of amides is 1. The number of nitrogens with zero attached hydrogens (tertiary/aromatic N) is 2. The van der Waals surface area contributed by atoms with Gasteiger partial charge in [-0.05, 0) is 36.2 Å². The van der Waals surface area contributed by atoms with Crippen molar-refractivity contribution in [2.75, 3.05) is 32.0 Å². The van der Waals surface area contributed by atoms with Crippen LogP contribution in [0.1, 0.15) is 15.9 Å². The first kappa shape index (κ1) is 14.5. The molecule has 1 aromatic heterocycles. The van der Waals surface area contributed by atoms with Gasteiger partial charge in [0, 0.05) is 30.4 Å². The molecule has 1 amide bonds. The topological polar surface area (TPSA) is 68.5 Å². The smallest absolute Gasteiger partial charge is 0.254 e. The lowest BCUT2D eigenvalue weighted by Crippen LogP contribution is -2.40. The molecular weight excluding hydrogens is 278 g/mol. The van der Waals surface area contributed by atoms with Crippen molar-refractivity contribution >= 4 is 11.7 Å². The van der Waals surface area contributed by atoms with Gasteiger partial charge in [-0.15, -0.1) is 0 Å². The molecule has 2 heterocycles. The molecule has 1 aromatic carbocycles. The Balaban J connectivity index is 1.79. The minimum absolute atomic E-state index is 0.0569. The molecule has 22 heavy (non-hydrogen) atoms. The number of hydrogen-bond acceptors (Lipinski definition) is 4. The highest BCUT2D eigenvalue weighted by Crippen LogP contribution is 2.22. The van der Waals surface area contributed by atoms with Gasteiger partial charge < -0.3 is 15.4 Å². The van der Waals surface area contributed by atoms with E-state index >= 15 is 0 Å². The third-order valence-corrected chi connectivity index (χ3v) is 3.88. The van der Waals surface area contributed by atoms with Crippen molar-refractivity contribution in [1.29, 1.82) is 0 Å². The summed E-state index contributed by atoms with van der Waals surface area (Å²) in [7, 11) is 0. The molecule has 1 aliphatic rings. The lowest BCUT2D eigenvalue weighted by atomic mass is 10.0. The quantitative estimate of drug-likeness (QED) is 0.922. The Kier molecular flexibility index (Phi) is 4.06. The van der Waals surface area contributed by atoms with Gasteiger partial charge in [0.25, 0.3) is 5.91 Å². The number of aryl methyl sites for hydroxylation is 1. The highest BCUT2D eigenvalue weighted by Gasteiger charge is 2.18. The van der Waals surface area contributed by atoms with E-state index in [-0.39, 0.29) is 5.91 Å². The second kappa shape index (κ2) is 6.15. The van der Waals surface area contributed by atoms with Crippen LogP contribution in [0.2, 0.25) is 0 Å². The van der Waals surface area contributed by atoms with Gasteiger partial charge >= 0.3 is 0 Å². The maximum atomic E-state index is 12.4. The van der Waals surface area contributed by atoms with E-state index in [1.807, 2.05) is 42.2 Å². The van der Waals surface area contributed by atoms with E-state index in [0.717, 1.165) is 16.7 Å². The summed E-state index contributed by atoms with van der Waals surface area (Å²) in [4.78, 5) is 18.4. The van der Waals surface area contributed by atoms with Crippen LogP contribution in [0.25, 0.3) is 11.1 Å². The molecular formula is C17H19N3O2. The number of nitrogen functional groups attached to an aromatic ring is 1. The zero-order valence-electron chi connectivity index (χ0n) is 12.6. The molecule has 0 saturated carbocycles. The van der Waals surface area contributed by atoms with E-state index in [0.29, 0.717) is 37.7 Å². The highest BCUT2D eigenvalue weighted by atomic mass is 16.5. The first-order valence-electron chi connectivity index (χ1n) is 7.35. The summed E-state index contributed by atoms with van der Waals surface area (Å²) in [6.45, 7) is 4.46. The Hall–Kier alpha value is -2.40. The number of aromatic nitrogens is 1. The van der Waals surface area contributed by atoms with Crippen LogP contribution in [0.4, 0.5) is 5.82 Å². The van der Waals surface area contributed by atoms with E-state index in [4.69, 9.17) is 10.5 Å². The molecule has 1 aliphatic heterocycles. The van der Waals surface area contributed by atoms with Crippen LogP contribution in [-0.2, 0) is 4.74 Å². The van der Waals surface area contributed by atoms with Gasteiger partial charge in [-0.1, -0.05) is 12.1 Å². The van der Waals surface area contributed by atoms with Crippen LogP contribution >= 0.6 is 0 Å². The minimum atomic E-state index is 0.0569. The maximum Gasteiger partial charge on any atom is 0.254 e. The van der Waals surface area contributed by atoms with E-state index in [2.05, 4.69) is 4.98 Å². The maximum absolute atomic E-state index is 12.4. The fourth-order valence-corrected chi connectivity index (χ4v) is 2.50. The van der Waals surface area contributed by atoms with Gasteiger partial charge in [0.1, 0.15) is 5.82 Å². The third kappa shape index (κ3) is 2.94. The van der Waals surface area contributed by atoms with E-state index in [1.165, 1.54) is 0 Å². The summed E-state index contributed by atoms with van der Waals surface area (Å²) in [5.41, 5.74) is 9.41. The standard InChI is InChI=1S/C17H19N3O2/c1-12-10-15(11-19-16(12)18)13-2-4-14(5-3-13)17(21)20-6-8-22-9-7-20/h2-5,10-11H,6-9H2,1H3,(H2,18,19). The second-order valence-electron chi connectivity index (χ2n) is 5.41. The van der Waals surface area contributed by atoms with Crippen molar-refractivity contribution in [3.05, 3.63) is 47.7 Å². The van der Waals surface area contributed by atoms with Gasteiger partial charge in [0.2, 0.25) is 0 Å². The van der Waals surface area contributed by atoms with Crippen LogP contribution in [0.15, 0.2) is 36.5 Å². The number of ether oxygens (including phenoxy) is 1. The Morgan fingerprint density at radius 2 is 1.86 bits per heavy atom. The number of benzene rings is 1. The zero-order chi connectivity index (χ0) is 15.5. The van der Waals surface area contributed by atoms with E-state index < -0.39 is 0 Å². The lowest BCUT2D eigenvalue weighted by Gasteiger charge is -2.26. The van der Waals surface area contributed by atoms with Crippen molar-refractivity contribution in [2.45, 2.75) is 6.92 Å². The molecule has 2 aromatic rings. The molecule has 0 spiro atoms. The SMILES string of the molecule is Cc1cc(-c2ccc(C(=O)N3CCOCC3)cc2)cnc1N. The molecule has 0 aliphatic carbocycles. The second-order valence-corrected chi connectivity index (χ2v) is 5.41. The van der Waals surface area contributed by atoms with Crippen molar-refractivity contribution in [1.82, 2.24) is 9.88 Å². The van der Waals surface area contributed by atoms with E-state index in [1.54, 1.807) is 6.20 Å². The highest BCUT2D eigenvalue weighted by molar-refractivity contribution is 5.94. The predicted molar refractivity (Wildman–Crippen MR) is 85.5 cm³/mol. The van der Waals surface area contributed by atoms with Gasteiger partial charge in [0.15, 0.2) is 0 Å². The number of carbonyl (C=O) groups is 1. The third-order valence-electron chi connectivity index (χ3n) is 3.88. The number of hydrogen-bond donors (Lipinski definition) is 1. The van der Waals surface area contributed by atoms with Crippen molar-refractivity contribution in [2.24, 2.45) is 0 Å². The summed E-state index contributed by atoms with van der Waals surface area (Å²) in [6.07, 6.45) is 1.75. The summed E-state index contributed by atoms with van der Waals surface area (Å²) in [5.74, 6) is 0.601. The monoisotopic (exact) mass is 297 g/mol. The molecule has 0 radical (unpaired) electrons. The largest absolute Gasteiger partial charge is 0.383 e. The predicted octanol–water partition coefficient (Wildman–Crippen LogP) is 2.11. The van der Waals surface area contributed by atoms with Crippen LogP contribution in [-0.4, -0.2) is 42.1 Å². The molecule has 1 fully saturated rings. The number of anilines is 1. The molecule has 114 valence electrons. The van der Waals surface area contributed by atoms with Crippen LogP contribution in [0.3, 0.4) is 0 Å². The number of nitrogens with two attached hydrogens (primary N) is 1. The Morgan fingerprint density at radius 1 is 1.18 bits per heavy atom. The Bertz CT molecular complexity index is 677. The molecule has 1 saturated heterocycles. The van der Waals surface area contributed by atoms with E-state index in [9.17, 15) is 4.79 Å². The fourth-order valence-electron chi connectivity index (χ4n) is 2.50. The Morgan fingerprint density at radius 3 is 2.50 bits per heavy atom.